The maximum Gasteiger partial charge on any atom is 0.349 e. The van der Waals surface area contributed by atoms with Crippen LogP contribution in [0.4, 0.5) is 0 Å². The van der Waals surface area contributed by atoms with Gasteiger partial charge >= 0.3 is 11.6 Å². The predicted octanol–water partition coefficient (Wildman–Crippen LogP) is 3.14. The molecule has 0 radical (unpaired) electrons. The van der Waals surface area contributed by atoms with E-state index in [1.807, 2.05) is 26.0 Å². The van der Waals surface area contributed by atoms with Gasteiger partial charge in [-0.2, -0.15) is 0 Å². The second kappa shape index (κ2) is 8.60. The van der Waals surface area contributed by atoms with E-state index in [1.165, 1.54) is 12.1 Å². The van der Waals surface area contributed by atoms with Crippen LogP contribution in [0, 0.1) is 13.8 Å². The molecule has 1 heterocycles. The zero-order valence-electron chi connectivity index (χ0n) is 16.4. The van der Waals surface area contributed by atoms with Crippen LogP contribution in [0.1, 0.15) is 28.4 Å². The van der Waals surface area contributed by atoms with Crippen molar-refractivity contribution in [3.63, 3.8) is 0 Å². The summed E-state index contributed by atoms with van der Waals surface area (Å²) >= 11 is 0. The number of hydrogen-bond donors (Lipinski definition) is 1. The van der Waals surface area contributed by atoms with Crippen molar-refractivity contribution in [2.75, 3.05) is 13.2 Å². The van der Waals surface area contributed by atoms with Crippen LogP contribution in [-0.4, -0.2) is 25.0 Å². The van der Waals surface area contributed by atoms with Crippen LogP contribution in [-0.2, 0) is 4.79 Å². The molecule has 150 valence electrons. The zero-order chi connectivity index (χ0) is 21.0. The van der Waals surface area contributed by atoms with Crippen molar-refractivity contribution in [2.24, 2.45) is 0 Å². The van der Waals surface area contributed by atoms with Crippen molar-refractivity contribution in [2.45, 2.75) is 20.8 Å². The number of rotatable bonds is 6. The molecule has 0 bridgehead atoms. The average Bonchev–Trinajstić information content (AvgIpc) is 2.68. The van der Waals surface area contributed by atoms with Gasteiger partial charge in [0.1, 0.15) is 22.6 Å². The van der Waals surface area contributed by atoms with E-state index in [-0.39, 0.29) is 23.5 Å². The molecule has 1 N–H and O–H groups in total. The number of benzene rings is 2. The Bertz CT molecular complexity index is 1130. The third kappa shape index (κ3) is 4.82. The molecule has 0 unspecified atom stereocenters. The standard InChI is InChI=1S/C22H21NO6/c1-4-23-21(25)18-10-15-6-8-17(11-19(15)29-22(18)26)28-20(24)12-27-16-7-5-13(2)14(3)9-16/h5-11H,4,12H2,1-3H3,(H,23,25). The van der Waals surface area contributed by atoms with Crippen LogP contribution >= 0.6 is 0 Å². The molecular weight excluding hydrogens is 374 g/mol. The van der Waals surface area contributed by atoms with Crippen molar-refractivity contribution < 1.29 is 23.5 Å². The van der Waals surface area contributed by atoms with E-state index in [1.54, 1.807) is 25.1 Å². The first kappa shape index (κ1) is 20.1. The number of carbonyl (C=O) groups excluding carboxylic acids is 2. The Hall–Kier alpha value is -3.61. The number of amides is 1. The second-order valence-electron chi connectivity index (χ2n) is 6.52. The lowest BCUT2D eigenvalue weighted by Crippen LogP contribution is -2.27. The van der Waals surface area contributed by atoms with E-state index in [0.717, 1.165) is 11.1 Å². The maximum absolute atomic E-state index is 12.1. The van der Waals surface area contributed by atoms with Gasteiger partial charge in [0, 0.05) is 18.0 Å². The number of ether oxygens (including phenoxy) is 2. The summed E-state index contributed by atoms with van der Waals surface area (Å²) in [6.45, 7) is 5.84. The lowest BCUT2D eigenvalue weighted by molar-refractivity contribution is -0.136. The minimum Gasteiger partial charge on any atom is -0.482 e. The highest BCUT2D eigenvalue weighted by molar-refractivity contribution is 5.96. The van der Waals surface area contributed by atoms with E-state index in [2.05, 4.69) is 5.32 Å². The smallest absolute Gasteiger partial charge is 0.349 e. The fraction of sp³-hybridized carbons (Fsp3) is 0.227. The number of carbonyl (C=O) groups is 2. The van der Waals surface area contributed by atoms with E-state index in [0.29, 0.717) is 17.7 Å². The van der Waals surface area contributed by atoms with Crippen molar-refractivity contribution >= 4 is 22.8 Å². The summed E-state index contributed by atoms with van der Waals surface area (Å²) < 4.78 is 15.9. The Morgan fingerprint density at radius 3 is 2.48 bits per heavy atom. The highest BCUT2D eigenvalue weighted by atomic mass is 16.6. The summed E-state index contributed by atoms with van der Waals surface area (Å²) in [6.07, 6.45) is 0. The van der Waals surface area contributed by atoms with E-state index in [4.69, 9.17) is 13.9 Å². The number of fused-ring (bicyclic) bond motifs is 1. The summed E-state index contributed by atoms with van der Waals surface area (Å²) in [5.74, 6) is -0.307. The fourth-order valence-corrected chi connectivity index (χ4v) is 2.68. The fourth-order valence-electron chi connectivity index (χ4n) is 2.68. The Morgan fingerprint density at radius 1 is 1.00 bits per heavy atom. The van der Waals surface area contributed by atoms with Crippen LogP contribution < -0.4 is 20.4 Å². The van der Waals surface area contributed by atoms with Crippen LogP contribution in [0.15, 0.2) is 51.7 Å². The molecule has 1 aromatic heterocycles. The molecule has 0 spiro atoms. The van der Waals surface area contributed by atoms with Gasteiger partial charge < -0.3 is 19.2 Å². The number of hydrogen-bond acceptors (Lipinski definition) is 6. The molecule has 0 atom stereocenters. The third-order valence-corrected chi connectivity index (χ3v) is 4.36. The molecule has 0 saturated carbocycles. The van der Waals surface area contributed by atoms with Gasteiger partial charge in [-0.25, -0.2) is 9.59 Å². The quantitative estimate of drug-likeness (QED) is 0.391. The minimum absolute atomic E-state index is 0.0779. The Labute approximate surface area is 167 Å². The van der Waals surface area contributed by atoms with Crippen molar-refractivity contribution in [1.29, 1.82) is 0 Å². The van der Waals surface area contributed by atoms with Crippen LogP contribution in [0.2, 0.25) is 0 Å². The molecule has 3 aromatic rings. The average molecular weight is 395 g/mol. The minimum atomic E-state index is -0.759. The molecular formula is C22H21NO6. The molecule has 7 nitrogen and oxygen atoms in total. The molecule has 1 amide bonds. The summed E-state index contributed by atoms with van der Waals surface area (Å²) in [4.78, 5) is 36.0. The summed E-state index contributed by atoms with van der Waals surface area (Å²) in [7, 11) is 0. The van der Waals surface area contributed by atoms with Gasteiger partial charge in [-0.3, -0.25) is 4.79 Å². The second-order valence-corrected chi connectivity index (χ2v) is 6.52. The highest BCUT2D eigenvalue weighted by Crippen LogP contribution is 2.21. The monoisotopic (exact) mass is 395 g/mol. The van der Waals surface area contributed by atoms with Crippen LogP contribution in [0.5, 0.6) is 11.5 Å². The normalized spacial score (nSPS) is 10.6. The van der Waals surface area contributed by atoms with Gasteiger partial charge in [-0.1, -0.05) is 6.07 Å². The molecule has 0 aliphatic carbocycles. The lowest BCUT2D eigenvalue weighted by atomic mass is 10.1. The Balaban J connectivity index is 1.70. The van der Waals surface area contributed by atoms with Crippen molar-refractivity contribution in [3.8, 4) is 11.5 Å². The lowest BCUT2D eigenvalue weighted by Gasteiger charge is -2.09. The zero-order valence-corrected chi connectivity index (χ0v) is 16.4. The largest absolute Gasteiger partial charge is 0.482 e. The predicted molar refractivity (Wildman–Crippen MR) is 108 cm³/mol. The van der Waals surface area contributed by atoms with Gasteiger partial charge in [0.05, 0.1) is 0 Å². The summed E-state index contributed by atoms with van der Waals surface area (Å²) in [5, 5.41) is 3.10. The molecule has 3 rings (SSSR count). The highest BCUT2D eigenvalue weighted by Gasteiger charge is 2.14. The number of esters is 1. The van der Waals surface area contributed by atoms with Gasteiger partial charge in [0.25, 0.3) is 5.91 Å². The van der Waals surface area contributed by atoms with E-state index in [9.17, 15) is 14.4 Å². The molecule has 0 aliphatic rings. The van der Waals surface area contributed by atoms with E-state index >= 15 is 0 Å². The molecule has 0 aliphatic heterocycles. The topological polar surface area (TPSA) is 94.8 Å². The van der Waals surface area contributed by atoms with Crippen molar-refractivity contribution in [1.82, 2.24) is 5.32 Å². The van der Waals surface area contributed by atoms with Crippen LogP contribution in [0.3, 0.4) is 0 Å². The van der Waals surface area contributed by atoms with Gasteiger partial charge in [0.2, 0.25) is 0 Å². The number of aryl methyl sites for hydroxylation is 2. The first-order chi connectivity index (χ1) is 13.9. The molecule has 29 heavy (non-hydrogen) atoms. The van der Waals surface area contributed by atoms with Crippen molar-refractivity contribution in [3.05, 3.63) is 69.6 Å². The van der Waals surface area contributed by atoms with Gasteiger partial charge in [-0.05, 0) is 62.2 Å². The third-order valence-electron chi connectivity index (χ3n) is 4.36. The Morgan fingerprint density at radius 2 is 1.76 bits per heavy atom. The van der Waals surface area contributed by atoms with Gasteiger partial charge in [-0.15, -0.1) is 0 Å². The summed E-state index contributed by atoms with van der Waals surface area (Å²) in [6, 6.07) is 11.6. The summed E-state index contributed by atoms with van der Waals surface area (Å²) in [5.41, 5.74) is 1.57. The molecule has 0 saturated heterocycles. The maximum atomic E-state index is 12.1. The number of nitrogens with one attached hydrogen (secondary N) is 1. The first-order valence-corrected chi connectivity index (χ1v) is 9.14. The van der Waals surface area contributed by atoms with E-state index < -0.39 is 17.5 Å². The molecule has 0 fully saturated rings. The molecule has 2 aromatic carbocycles. The Kier molecular flexibility index (Phi) is 5.97. The van der Waals surface area contributed by atoms with Gasteiger partial charge in [0.15, 0.2) is 6.61 Å². The SMILES string of the molecule is CCNC(=O)c1cc2ccc(OC(=O)COc3ccc(C)c(C)c3)cc2oc1=O. The first-order valence-electron chi connectivity index (χ1n) is 9.14. The van der Waals surface area contributed by atoms with Crippen LogP contribution in [0.25, 0.3) is 11.0 Å². The molecule has 7 heteroatoms.